The maximum absolute atomic E-state index is 5.47. The van der Waals surface area contributed by atoms with Crippen molar-refractivity contribution < 1.29 is 14.2 Å². The first-order valence-electron chi connectivity index (χ1n) is 9.82. The van der Waals surface area contributed by atoms with Crippen LogP contribution in [0.5, 0.6) is 17.2 Å². The van der Waals surface area contributed by atoms with E-state index in [1.807, 2.05) is 35.0 Å². The van der Waals surface area contributed by atoms with E-state index in [9.17, 15) is 0 Å². The summed E-state index contributed by atoms with van der Waals surface area (Å²) in [4.78, 5) is 0. The molecule has 2 aromatic carbocycles. The van der Waals surface area contributed by atoms with Crippen LogP contribution in [0.1, 0.15) is 30.5 Å². The first kappa shape index (κ1) is 19.2. The van der Waals surface area contributed by atoms with Crippen molar-refractivity contribution in [3.05, 3.63) is 59.8 Å². The molecule has 29 heavy (non-hydrogen) atoms. The lowest BCUT2D eigenvalue weighted by atomic mass is 10.1. The van der Waals surface area contributed by atoms with Crippen molar-refractivity contribution in [2.24, 2.45) is 5.92 Å². The van der Waals surface area contributed by atoms with Crippen molar-refractivity contribution >= 4 is 5.82 Å². The second-order valence-electron chi connectivity index (χ2n) is 7.41. The van der Waals surface area contributed by atoms with Gasteiger partial charge in [0.2, 0.25) is 5.75 Å². The molecular weight excluding hydrogens is 366 g/mol. The molecule has 4 rings (SSSR count). The van der Waals surface area contributed by atoms with Gasteiger partial charge in [0, 0.05) is 18.5 Å². The summed E-state index contributed by atoms with van der Waals surface area (Å²) in [6.07, 6.45) is 1.21. The van der Waals surface area contributed by atoms with E-state index in [0.29, 0.717) is 35.6 Å². The van der Waals surface area contributed by atoms with Gasteiger partial charge in [0.15, 0.2) is 11.5 Å². The van der Waals surface area contributed by atoms with Crippen LogP contribution in [0, 0.1) is 5.92 Å². The summed E-state index contributed by atoms with van der Waals surface area (Å²) in [6, 6.07) is 16.3. The Balaban J connectivity index is 1.62. The minimum absolute atomic E-state index is 0.557. The highest BCUT2D eigenvalue weighted by molar-refractivity contribution is 5.55. The number of rotatable bonds is 8. The van der Waals surface area contributed by atoms with Crippen LogP contribution in [0.4, 0.5) is 5.82 Å². The molecule has 3 aromatic rings. The molecule has 0 bridgehead atoms. The van der Waals surface area contributed by atoms with Crippen LogP contribution < -0.4 is 19.5 Å². The summed E-state index contributed by atoms with van der Waals surface area (Å²) in [5, 5.41) is 8.42. The summed E-state index contributed by atoms with van der Waals surface area (Å²) < 4.78 is 18.3. The fourth-order valence-corrected chi connectivity index (χ4v) is 3.64. The van der Waals surface area contributed by atoms with E-state index in [2.05, 4.69) is 30.4 Å². The average Bonchev–Trinajstić information content (AvgIpc) is 3.34. The Labute approximate surface area is 171 Å². The fourth-order valence-electron chi connectivity index (χ4n) is 3.64. The van der Waals surface area contributed by atoms with Gasteiger partial charge >= 0.3 is 0 Å². The quantitative estimate of drug-likeness (QED) is 0.604. The molecule has 1 N–H and O–H groups in total. The zero-order valence-electron chi connectivity index (χ0n) is 17.3. The second kappa shape index (κ2) is 8.07. The zero-order chi connectivity index (χ0) is 20.4. The average molecular weight is 393 g/mol. The summed E-state index contributed by atoms with van der Waals surface area (Å²) in [6.45, 7) is 2.88. The second-order valence-corrected chi connectivity index (χ2v) is 7.41. The van der Waals surface area contributed by atoms with E-state index in [-0.39, 0.29) is 0 Å². The molecule has 1 aliphatic rings. The van der Waals surface area contributed by atoms with Crippen LogP contribution >= 0.6 is 0 Å². The number of para-hydroxylation sites is 1. The Morgan fingerprint density at radius 3 is 2.21 bits per heavy atom. The molecule has 1 saturated carbocycles. The molecule has 2 atom stereocenters. The molecule has 6 heteroatoms. The molecule has 0 radical (unpaired) electrons. The van der Waals surface area contributed by atoms with Crippen LogP contribution in [-0.2, 0) is 6.54 Å². The van der Waals surface area contributed by atoms with E-state index in [1.54, 1.807) is 21.3 Å². The van der Waals surface area contributed by atoms with Gasteiger partial charge in [0.05, 0.1) is 32.7 Å². The van der Waals surface area contributed by atoms with Gasteiger partial charge in [-0.1, -0.05) is 25.1 Å². The van der Waals surface area contributed by atoms with Gasteiger partial charge < -0.3 is 19.5 Å². The topological polar surface area (TPSA) is 57.5 Å². The smallest absolute Gasteiger partial charge is 0.203 e. The minimum Gasteiger partial charge on any atom is -0.493 e. The Kier molecular flexibility index (Phi) is 5.34. The Morgan fingerprint density at radius 1 is 1.00 bits per heavy atom. The molecule has 1 heterocycles. The number of methoxy groups -OCH3 is 3. The number of nitrogens with one attached hydrogen (secondary N) is 1. The predicted octanol–water partition coefficient (Wildman–Crippen LogP) is 4.63. The summed E-state index contributed by atoms with van der Waals surface area (Å²) >= 11 is 0. The molecule has 1 aliphatic carbocycles. The van der Waals surface area contributed by atoms with Gasteiger partial charge in [-0.05, 0) is 42.2 Å². The first-order valence-corrected chi connectivity index (χ1v) is 9.82. The lowest BCUT2D eigenvalue weighted by Gasteiger charge is -2.15. The molecule has 0 aliphatic heterocycles. The van der Waals surface area contributed by atoms with Gasteiger partial charge in [-0.3, -0.25) is 0 Å². The number of benzene rings is 2. The Morgan fingerprint density at radius 2 is 1.66 bits per heavy atom. The van der Waals surface area contributed by atoms with Crippen molar-refractivity contribution in [2.45, 2.75) is 25.8 Å². The Hall–Kier alpha value is -3.15. The molecule has 0 spiro atoms. The van der Waals surface area contributed by atoms with Crippen molar-refractivity contribution in [1.29, 1.82) is 0 Å². The molecule has 0 saturated heterocycles. The van der Waals surface area contributed by atoms with Crippen LogP contribution in [0.2, 0.25) is 0 Å². The fraction of sp³-hybridized carbons (Fsp3) is 0.348. The highest BCUT2D eigenvalue weighted by atomic mass is 16.5. The molecule has 152 valence electrons. The standard InChI is InChI=1S/C23H27N3O3/c1-15-10-18(15)19-13-22(26(25-19)17-8-6-5-7-9-17)24-14-16-11-20(27-2)23(29-4)21(12-16)28-3/h5-9,11-13,15,18,24H,10,14H2,1-4H3/t15-,18+/m1/s1. The molecular formula is C23H27N3O3. The number of hydrogen-bond donors (Lipinski definition) is 1. The number of anilines is 1. The predicted molar refractivity (Wildman–Crippen MR) is 114 cm³/mol. The zero-order valence-corrected chi connectivity index (χ0v) is 17.3. The van der Waals surface area contributed by atoms with Crippen LogP contribution in [0.15, 0.2) is 48.5 Å². The third-order valence-corrected chi connectivity index (χ3v) is 5.42. The van der Waals surface area contributed by atoms with Gasteiger partial charge in [-0.2, -0.15) is 5.10 Å². The minimum atomic E-state index is 0.557. The molecule has 1 aromatic heterocycles. The molecule has 1 fully saturated rings. The SMILES string of the molecule is COc1cc(CNc2cc([C@H]3C[C@H]3C)nn2-c2ccccc2)cc(OC)c1OC. The van der Waals surface area contributed by atoms with Gasteiger partial charge in [0.25, 0.3) is 0 Å². The van der Waals surface area contributed by atoms with Crippen LogP contribution in [-0.4, -0.2) is 31.1 Å². The maximum Gasteiger partial charge on any atom is 0.203 e. The highest BCUT2D eigenvalue weighted by Gasteiger charge is 2.36. The largest absolute Gasteiger partial charge is 0.493 e. The van der Waals surface area contributed by atoms with E-state index in [4.69, 9.17) is 19.3 Å². The molecule has 0 unspecified atom stereocenters. The third kappa shape index (κ3) is 3.88. The van der Waals surface area contributed by atoms with E-state index < -0.39 is 0 Å². The Bertz CT molecular complexity index is 959. The lowest BCUT2D eigenvalue weighted by Crippen LogP contribution is -2.07. The van der Waals surface area contributed by atoms with E-state index in [1.165, 1.54) is 6.42 Å². The number of hydrogen-bond acceptors (Lipinski definition) is 5. The van der Waals surface area contributed by atoms with E-state index in [0.717, 1.165) is 22.8 Å². The third-order valence-electron chi connectivity index (χ3n) is 5.42. The van der Waals surface area contributed by atoms with Crippen molar-refractivity contribution in [3.63, 3.8) is 0 Å². The molecule has 6 nitrogen and oxygen atoms in total. The van der Waals surface area contributed by atoms with Crippen LogP contribution in [0.25, 0.3) is 5.69 Å². The van der Waals surface area contributed by atoms with Crippen molar-refractivity contribution in [1.82, 2.24) is 9.78 Å². The van der Waals surface area contributed by atoms with Gasteiger partial charge in [0.1, 0.15) is 5.82 Å². The highest BCUT2D eigenvalue weighted by Crippen LogP contribution is 2.47. The first-order chi connectivity index (χ1) is 14.1. The van der Waals surface area contributed by atoms with E-state index >= 15 is 0 Å². The monoisotopic (exact) mass is 393 g/mol. The van der Waals surface area contributed by atoms with Gasteiger partial charge in [-0.25, -0.2) is 4.68 Å². The molecule has 0 amide bonds. The van der Waals surface area contributed by atoms with Crippen molar-refractivity contribution in [3.8, 4) is 22.9 Å². The number of ether oxygens (including phenoxy) is 3. The lowest BCUT2D eigenvalue weighted by molar-refractivity contribution is 0.324. The summed E-state index contributed by atoms with van der Waals surface area (Å²) in [5.41, 5.74) is 3.22. The summed E-state index contributed by atoms with van der Waals surface area (Å²) in [7, 11) is 4.86. The van der Waals surface area contributed by atoms with Gasteiger partial charge in [-0.15, -0.1) is 0 Å². The number of nitrogens with zero attached hydrogens (tertiary/aromatic N) is 2. The summed E-state index contributed by atoms with van der Waals surface area (Å²) in [5.74, 6) is 4.12. The van der Waals surface area contributed by atoms with Crippen molar-refractivity contribution in [2.75, 3.05) is 26.6 Å². The normalized spacial score (nSPS) is 17.7. The van der Waals surface area contributed by atoms with Crippen LogP contribution in [0.3, 0.4) is 0 Å². The maximum atomic E-state index is 5.47. The number of aromatic nitrogens is 2.